The van der Waals surface area contributed by atoms with Gasteiger partial charge in [-0.1, -0.05) is 0 Å². The second-order valence-corrected chi connectivity index (χ2v) is 3.09. The molecule has 1 aromatic heterocycles. The maximum atomic E-state index is 11.3. The lowest BCUT2D eigenvalue weighted by atomic mass is 10.2. The van der Waals surface area contributed by atoms with Gasteiger partial charge in [0.1, 0.15) is 12.2 Å². The smallest absolute Gasteiger partial charge is 0.258 e. The fourth-order valence-electron chi connectivity index (χ4n) is 1.32. The lowest BCUT2D eigenvalue weighted by Gasteiger charge is -2.13. The molecule has 0 fully saturated rings. The van der Waals surface area contributed by atoms with Crippen molar-refractivity contribution in [3.05, 3.63) is 11.3 Å². The van der Waals surface area contributed by atoms with Crippen molar-refractivity contribution in [1.29, 1.82) is 0 Å². The number of hydrogen-bond acceptors (Lipinski definition) is 3. The second kappa shape index (κ2) is 2.42. The molecular weight excluding hydrogens is 170 g/mol. The third-order valence-corrected chi connectivity index (χ3v) is 2.17. The molecule has 0 radical (unpaired) electrons. The molecule has 1 aliphatic rings. The third-order valence-electron chi connectivity index (χ3n) is 2.17. The van der Waals surface area contributed by atoms with E-state index in [1.807, 2.05) is 6.92 Å². The summed E-state index contributed by atoms with van der Waals surface area (Å²) in [4.78, 5) is 22.3. The summed E-state index contributed by atoms with van der Waals surface area (Å²) in [7, 11) is 0. The Morgan fingerprint density at radius 2 is 2.08 bits per heavy atom. The highest BCUT2D eigenvalue weighted by molar-refractivity contribution is 6.09. The van der Waals surface area contributed by atoms with Crippen LogP contribution in [0, 0.1) is 13.8 Å². The normalized spacial score (nSPS) is 15.5. The fraction of sp³-hybridized carbons (Fsp3) is 0.375. The molecule has 1 aliphatic heterocycles. The summed E-state index contributed by atoms with van der Waals surface area (Å²) in [5.74, 6) is -0.0193. The second-order valence-electron chi connectivity index (χ2n) is 3.09. The number of carbonyl (C=O) groups excluding carboxylic acids is 2. The van der Waals surface area contributed by atoms with Gasteiger partial charge in [0.2, 0.25) is 5.91 Å². The Hall–Kier alpha value is -1.65. The van der Waals surface area contributed by atoms with Crippen LogP contribution in [0.3, 0.4) is 0 Å². The number of aromatic nitrogens is 2. The molecular formula is C8H9N3O2. The summed E-state index contributed by atoms with van der Waals surface area (Å²) in [6.45, 7) is 3.63. The van der Waals surface area contributed by atoms with E-state index in [1.54, 1.807) is 6.92 Å². The maximum Gasteiger partial charge on any atom is 0.258 e. The highest BCUT2D eigenvalue weighted by Crippen LogP contribution is 2.21. The molecule has 0 atom stereocenters. The van der Waals surface area contributed by atoms with E-state index in [0.717, 1.165) is 11.3 Å². The average Bonchev–Trinajstić information content (AvgIpc) is 2.32. The molecule has 1 N–H and O–H groups in total. The molecule has 5 heteroatoms. The zero-order valence-corrected chi connectivity index (χ0v) is 7.42. The van der Waals surface area contributed by atoms with Crippen LogP contribution in [-0.2, 0) is 4.79 Å². The first-order valence-electron chi connectivity index (χ1n) is 3.99. The van der Waals surface area contributed by atoms with E-state index in [0.29, 0.717) is 5.82 Å². The van der Waals surface area contributed by atoms with Gasteiger partial charge in [-0.2, -0.15) is 9.78 Å². The van der Waals surface area contributed by atoms with Gasteiger partial charge in [0.05, 0.1) is 5.69 Å². The number of rotatable bonds is 0. The molecule has 5 nitrogen and oxygen atoms in total. The van der Waals surface area contributed by atoms with Gasteiger partial charge < -0.3 is 5.32 Å². The molecule has 0 saturated heterocycles. The van der Waals surface area contributed by atoms with E-state index < -0.39 is 0 Å². The Labute approximate surface area is 74.7 Å². The summed E-state index contributed by atoms with van der Waals surface area (Å²) in [6.07, 6.45) is -0.118. The third kappa shape index (κ3) is 1.04. The van der Waals surface area contributed by atoms with Crippen molar-refractivity contribution in [2.24, 2.45) is 0 Å². The quantitative estimate of drug-likeness (QED) is 0.589. The Morgan fingerprint density at radius 1 is 1.38 bits per heavy atom. The molecule has 68 valence electrons. The monoisotopic (exact) mass is 179 g/mol. The van der Waals surface area contributed by atoms with E-state index in [4.69, 9.17) is 0 Å². The zero-order chi connectivity index (χ0) is 9.59. The van der Waals surface area contributed by atoms with E-state index in [2.05, 4.69) is 10.4 Å². The van der Waals surface area contributed by atoms with E-state index in [9.17, 15) is 9.59 Å². The van der Waals surface area contributed by atoms with Crippen LogP contribution in [-0.4, -0.2) is 21.6 Å². The highest BCUT2D eigenvalue weighted by atomic mass is 16.2. The minimum absolute atomic E-state index is 0.118. The van der Waals surface area contributed by atoms with Crippen LogP contribution in [0.1, 0.15) is 22.5 Å². The molecule has 2 heterocycles. The van der Waals surface area contributed by atoms with Crippen LogP contribution in [0.4, 0.5) is 5.82 Å². The van der Waals surface area contributed by atoms with Crippen molar-refractivity contribution < 1.29 is 9.59 Å². The van der Waals surface area contributed by atoms with Gasteiger partial charge in [-0.15, -0.1) is 0 Å². The SMILES string of the molecule is Cc1nn2c(c1C)NC(=O)CC2=O. The molecule has 0 bridgehead atoms. The van der Waals surface area contributed by atoms with Crippen molar-refractivity contribution in [1.82, 2.24) is 9.78 Å². The molecule has 13 heavy (non-hydrogen) atoms. The largest absolute Gasteiger partial charge is 0.310 e. The lowest BCUT2D eigenvalue weighted by Crippen LogP contribution is -2.29. The summed E-state index contributed by atoms with van der Waals surface area (Å²) in [5, 5.41) is 6.64. The van der Waals surface area contributed by atoms with Crippen molar-refractivity contribution in [3.63, 3.8) is 0 Å². The number of fused-ring (bicyclic) bond motifs is 1. The molecule has 1 aromatic rings. The van der Waals surface area contributed by atoms with Gasteiger partial charge >= 0.3 is 0 Å². The van der Waals surface area contributed by atoms with Gasteiger partial charge in [0, 0.05) is 5.56 Å². The lowest BCUT2D eigenvalue weighted by molar-refractivity contribution is -0.115. The predicted octanol–water partition coefficient (Wildman–Crippen LogP) is 0.482. The average molecular weight is 179 g/mol. The van der Waals surface area contributed by atoms with Crippen LogP contribution in [0.25, 0.3) is 0 Å². The molecule has 0 saturated carbocycles. The van der Waals surface area contributed by atoms with Crippen LogP contribution in [0.2, 0.25) is 0 Å². The van der Waals surface area contributed by atoms with E-state index in [-0.39, 0.29) is 18.2 Å². The van der Waals surface area contributed by atoms with E-state index in [1.165, 1.54) is 4.68 Å². The van der Waals surface area contributed by atoms with Crippen LogP contribution in [0.15, 0.2) is 0 Å². The predicted molar refractivity (Wildman–Crippen MR) is 45.6 cm³/mol. The number of nitrogens with zero attached hydrogens (tertiary/aromatic N) is 2. The number of aryl methyl sites for hydroxylation is 1. The standard InChI is InChI=1S/C8H9N3O2/c1-4-5(2)10-11-7(13)3-6(12)9-8(4)11/h3H2,1-2H3,(H,9,12). The topological polar surface area (TPSA) is 64.0 Å². The Bertz CT molecular complexity index is 406. The van der Waals surface area contributed by atoms with Gasteiger partial charge in [-0.05, 0) is 13.8 Å². The fourth-order valence-corrected chi connectivity index (χ4v) is 1.32. The minimum Gasteiger partial charge on any atom is -0.310 e. The van der Waals surface area contributed by atoms with Crippen molar-refractivity contribution >= 4 is 17.6 Å². The summed E-state index contributed by atoms with van der Waals surface area (Å²) < 4.78 is 1.26. The number of nitrogens with one attached hydrogen (secondary N) is 1. The number of anilines is 1. The molecule has 0 spiro atoms. The van der Waals surface area contributed by atoms with Crippen LogP contribution in [0.5, 0.6) is 0 Å². The van der Waals surface area contributed by atoms with Gasteiger partial charge in [0.15, 0.2) is 0 Å². The summed E-state index contributed by atoms with van der Waals surface area (Å²) >= 11 is 0. The van der Waals surface area contributed by atoms with Gasteiger partial charge in [-0.3, -0.25) is 9.59 Å². The van der Waals surface area contributed by atoms with E-state index >= 15 is 0 Å². The first kappa shape index (κ1) is 7.97. The summed E-state index contributed by atoms with van der Waals surface area (Å²) in [5.41, 5.74) is 1.62. The number of amides is 1. The van der Waals surface area contributed by atoms with Gasteiger partial charge in [0.25, 0.3) is 5.91 Å². The zero-order valence-electron chi connectivity index (χ0n) is 7.42. The van der Waals surface area contributed by atoms with Crippen LogP contribution >= 0.6 is 0 Å². The van der Waals surface area contributed by atoms with Crippen molar-refractivity contribution in [2.45, 2.75) is 20.3 Å². The number of hydrogen-bond donors (Lipinski definition) is 1. The first-order chi connectivity index (χ1) is 6.09. The van der Waals surface area contributed by atoms with Crippen LogP contribution < -0.4 is 5.32 Å². The molecule has 0 unspecified atom stereocenters. The van der Waals surface area contributed by atoms with Gasteiger partial charge in [-0.25, -0.2) is 0 Å². The molecule has 0 aromatic carbocycles. The maximum absolute atomic E-state index is 11.3. The Morgan fingerprint density at radius 3 is 2.77 bits per heavy atom. The number of carbonyl (C=O) groups is 2. The Kier molecular flexibility index (Phi) is 1.48. The van der Waals surface area contributed by atoms with Crippen molar-refractivity contribution in [2.75, 3.05) is 5.32 Å². The molecule has 1 amide bonds. The first-order valence-corrected chi connectivity index (χ1v) is 3.99. The summed E-state index contributed by atoms with van der Waals surface area (Å²) in [6, 6.07) is 0. The highest BCUT2D eigenvalue weighted by Gasteiger charge is 2.25. The van der Waals surface area contributed by atoms with Crippen molar-refractivity contribution in [3.8, 4) is 0 Å². The minimum atomic E-state index is -0.269. The molecule has 2 rings (SSSR count). The Balaban J connectivity index is 2.61. The molecule has 0 aliphatic carbocycles.